The van der Waals surface area contributed by atoms with Gasteiger partial charge in [-0.15, -0.1) is 0 Å². The first-order valence-electron chi connectivity index (χ1n) is 6.08. The average molecular weight is 231 g/mol. The van der Waals surface area contributed by atoms with Gasteiger partial charge in [-0.3, -0.25) is 0 Å². The highest BCUT2D eigenvalue weighted by molar-refractivity contribution is 5.98. The molecule has 1 unspecified atom stereocenters. The summed E-state index contributed by atoms with van der Waals surface area (Å²) in [6.45, 7) is 7.03. The average Bonchev–Trinajstić information content (AvgIpc) is 2.26. The van der Waals surface area contributed by atoms with Crippen molar-refractivity contribution in [3.63, 3.8) is 0 Å². The van der Waals surface area contributed by atoms with Gasteiger partial charge in [0.2, 0.25) is 0 Å². The molecular weight excluding hydrogens is 214 g/mol. The Labute approximate surface area is 101 Å². The SMILES string of the molecule is CC1CC(C)(C)N2COC(=O)c3cccc1c32. The molecule has 0 radical (unpaired) electrons. The van der Waals surface area contributed by atoms with E-state index in [2.05, 4.69) is 31.7 Å². The van der Waals surface area contributed by atoms with Gasteiger partial charge in [0.25, 0.3) is 0 Å². The van der Waals surface area contributed by atoms with Gasteiger partial charge in [-0.2, -0.15) is 0 Å². The fraction of sp³-hybridized carbons (Fsp3) is 0.500. The first kappa shape index (κ1) is 10.6. The quantitative estimate of drug-likeness (QED) is 0.643. The summed E-state index contributed by atoms with van der Waals surface area (Å²) in [5, 5.41) is 0. The zero-order valence-corrected chi connectivity index (χ0v) is 10.5. The van der Waals surface area contributed by atoms with Gasteiger partial charge in [0.05, 0.1) is 11.3 Å². The van der Waals surface area contributed by atoms with Crippen molar-refractivity contribution in [3.05, 3.63) is 29.3 Å². The lowest BCUT2D eigenvalue weighted by molar-refractivity contribution is 0.0445. The second-order valence-electron chi connectivity index (χ2n) is 5.65. The molecule has 0 amide bonds. The molecule has 17 heavy (non-hydrogen) atoms. The highest BCUT2D eigenvalue weighted by atomic mass is 16.5. The van der Waals surface area contributed by atoms with Crippen LogP contribution in [0.2, 0.25) is 0 Å². The van der Waals surface area contributed by atoms with Crippen molar-refractivity contribution in [2.45, 2.75) is 38.6 Å². The highest BCUT2D eigenvalue weighted by Crippen LogP contribution is 2.46. The largest absolute Gasteiger partial charge is 0.441 e. The lowest BCUT2D eigenvalue weighted by Gasteiger charge is -2.49. The Balaban J connectivity index is 2.27. The molecule has 1 atom stereocenters. The number of ether oxygens (including phenoxy) is 1. The Morgan fingerprint density at radius 1 is 1.41 bits per heavy atom. The van der Waals surface area contributed by atoms with Gasteiger partial charge in [-0.25, -0.2) is 4.79 Å². The van der Waals surface area contributed by atoms with Crippen LogP contribution in [0.15, 0.2) is 18.2 Å². The highest BCUT2D eigenvalue weighted by Gasteiger charge is 2.41. The number of carbonyl (C=O) groups is 1. The van der Waals surface area contributed by atoms with Gasteiger partial charge in [0.1, 0.15) is 0 Å². The molecule has 0 spiro atoms. The molecule has 0 saturated heterocycles. The van der Waals surface area contributed by atoms with Crippen molar-refractivity contribution >= 4 is 11.7 Å². The maximum Gasteiger partial charge on any atom is 0.341 e. The van der Waals surface area contributed by atoms with Gasteiger partial charge in [-0.05, 0) is 37.8 Å². The molecule has 3 rings (SSSR count). The Morgan fingerprint density at radius 3 is 2.94 bits per heavy atom. The van der Waals surface area contributed by atoms with Gasteiger partial charge >= 0.3 is 5.97 Å². The van der Waals surface area contributed by atoms with Crippen LogP contribution in [-0.2, 0) is 4.74 Å². The minimum atomic E-state index is -0.192. The predicted octanol–water partition coefficient (Wildman–Crippen LogP) is 2.91. The van der Waals surface area contributed by atoms with Gasteiger partial charge < -0.3 is 9.64 Å². The normalized spacial score (nSPS) is 25.2. The molecule has 0 N–H and O–H groups in total. The lowest BCUT2D eigenvalue weighted by Crippen LogP contribution is -2.52. The van der Waals surface area contributed by atoms with Crippen molar-refractivity contribution in [1.82, 2.24) is 0 Å². The summed E-state index contributed by atoms with van der Waals surface area (Å²) in [6.07, 6.45) is 1.08. The van der Waals surface area contributed by atoms with Gasteiger partial charge in [-0.1, -0.05) is 19.1 Å². The van der Waals surface area contributed by atoms with E-state index >= 15 is 0 Å². The fourth-order valence-corrected chi connectivity index (χ4v) is 3.14. The minimum Gasteiger partial charge on any atom is -0.441 e. The molecule has 90 valence electrons. The van der Waals surface area contributed by atoms with Crippen LogP contribution in [0.25, 0.3) is 0 Å². The number of carbonyl (C=O) groups excluding carboxylic acids is 1. The van der Waals surface area contributed by atoms with Crippen LogP contribution in [0.3, 0.4) is 0 Å². The summed E-state index contributed by atoms with van der Waals surface area (Å²) in [4.78, 5) is 14.0. The maximum atomic E-state index is 11.8. The smallest absolute Gasteiger partial charge is 0.341 e. The van der Waals surface area contributed by atoms with E-state index in [1.165, 1.54) is 5.56 Å². The van der Waals surface area contributed by atoms with E-state index in [-0.39, 0.29) is 11.5 Å². The van der Waals surface area contributed by atoms with Crippen LogP contribution >= 0.6 is 0 Å². The zero-order chi connectivity index (χ0) is 12.2. The summed E-state index contributed by atoms with van der Waals surface area (Å²) in [6, 6.07) is 5.94. The molecule has 3 nitrogen and oxygen atoms in total. The number of hydrogen-bond donors (Lipinski definition) is 0. The summed E-state index contributed by atoms with van der Waals surface area (Å²) in [5.74, 6) is 0.296. The summed E-state index contributed by atoms with van der Waals surface area (Å²) in [5.41, 5.74) is 3.13. The molecule has 3 heteroatoms. The third-order valence-corrected chi connectivity index (χ3v) is 3.95. The zero-order valence-electron chi connectivity index (χ0n) is 10.5. The maximum absolute atomic E-state index is 11.8. The third kappa shape index (κ3) is 1.38. The van der Waals surface area contributed by atoms with E-state index in [1.54, 1.807) is 0 Å². The Morgan fingerprint density at radius 2 is 2.18 bits per heavy atom. The first-order chi connectivity index (χ1) is 8.00. The van der Waals surface area contributed by atoms with Crippen molar-refractivity contribution in [3.8, 4) is 0 Å². The number of hydrogen-bond acceptors (Lipinski definition) is 3. The van der Waals surface area contributed by atoms with Crippen LogP contribution in [0, 0.1) is 0 Å². The standard InChI is InChI=1S/C14H17NO2/c1-9-7-14(2,3)15-8-17-13(16)11-6-4-5-10(9)12(11)15/h4-6,9H,7-8H2,1-3H3. The molecule has 2 heterocycles. The van der Waals surface area contributed by atoms with Crippen LogP contribution in [0.5, 0.6) is 0 Å². The number of cyclic esters (lactones) is 1. The molecule has 2 aliphatic heterocycles. The van der Waals surface area contributed by atoms with E-state index < -0.39 is 0 Å². The lowest BCUT2D eigenvalue weighted by atomic mass is 9.79. The Hall–Kier alpha value is -1.51. The second-order valence-corrected chi connectivity index (χ2v) is 5.65. The molecule has 0 aromatic heterocycles. The number of rotatable bonds is 0. The second kappa shape index (κ2) is 3.25. The number of anilines is 1. The molecule has 1 aromatic rings. The first-order valence-corrected chi connectivity index (χ1v) is 6.08. The van der Waals surface area contributed by atoms with Gasteiger partial charge in [0.15, 0.2) is 6.73 Å². The number of para-hydroxylation sites is 1. The summed E-state index contributed by atoms with van der Waals surface area (Å²) in [7, 11) is 0. The van der Waals surface area contributed by atoms with E-state index in [0.29, 0.717) is 18.2 Å². The van der Waals surface area contributed by atoms with E-state index in [1.807, 2.05) is 12.1 Å². The number of benzene rings is 1. The minimum absolute atomic E-state index is 0.0449. The van der Waals surface area contributed by atoms with Crippen LogP contribution < -0.4 is 4.90 Å². The molecule has 2 aliphatic rings. The molecule has 0 fully saturated rings. The molecule has 0 bridgehead atoms. The number of nitrogens with zero attached hydrogens (tertiary/aromatic N) is 1. The summed E-state index contributed by atoms with van der Waals surface area (Å²) < 4.78 is 5.25. The summed E-state index contributed by atoms with van der Waals surface area (Å²) >= 11 is 0. The molecule has 0 aliphatic carbocycles. The van der Waals surface area contributed by atoms with Crippen molar-refractivity contribution < 1.29 is 9.53 Å². The fourth-order valence-electron chi connectivity index (χ4n) is 3.14. The molecule has 0 saturated carbocycles. The van der Waals surface area contributed by atoms with Crippen LogP contribution in [-0.4, -0.2) is 18.2 Å². The van der Waals surface area contributed by atoms with Crippen LogP contribution in [0.4, 0.5) is 5.69 Å². The van der Waals surface area contributed by atoms with E-state index in [4.69, 9.17) is 4.74 Å². The van der Waals surface area contributed by atoms with Crippen molar-refractivity contribution in [2.75, 3.05) is 11.6 Å². The van der Waals surface area contributed by atoms with E-state index in [0.717, 1.165) is 12.1 Å². The molecule has 1 aromatic carbocycles. The predicted molar refractivity (Wildman–Crippen MR) is 66.3 cm³/mol. The van der Waals surface area contributed by atoms with Crippen LogP contribution in [0.1, 0.15) is 49.0 Å². The Kier molecular flexibility index (Phi) is 2.03. The van der Waals surface area contributed by atoms with Gasteiger partial charge in [0, 0.05) is 5.54 Å². The van der Waals surface area contributed by atoms with Crippen molar-refractivity contribution in [1.29, 1.82) is 0 Å². The van der Waals surface area contributed by atoms with Crippen molar-refractivity contribution in [2.24, 2.45) is 0 Å². The topological polar surface area (TPSA) is 29.5 Å². The monoisotopic (exact) mass is 231 g/mol. The Bertz CT molecular complexity index is 493. The third-order valence-electron chi connectivity index (χ3n) is 3.95. The number of esters is 1. The van der Waals surface area contributed by atoms with E-state index in [9.17, 15) is 4.79 Å². The molecular formula is C14H17NO2.